The predicted octanol–water partition coefficient (Wildman–Crippen LogP) is 2.17. The van der Waals surface area contributed by atoms with E-state index in [0.717, 1.165) is 0 Å². The van der Waals surface area contributed by atoms with Crippen LogP contribution in [0.15, 0.2) is 24.3 Å². The molecule has 0 aliphatic heterocycles. The zero-order chi connectivity index (χ0) is 19.0. The fraction of sp³-hybridized carbons (Fsp3) is 0.529. The van der Waals surface area contributed by atoms with E-state index in [-0.39, 0.29) is 24.8 Å². The molecule has 0 heterocycles. The molecule has 0 saturated carbocycles. The van der Waals surface area contributed by atoms with Crippen LogP contribution in [0.1, 0.15) is 38.9 Å². The molecule has 8 heteroatoms. The van der Waals surface area contributed by atoms with Gasteiger partial charge in [0.15, 0.2) is 0 Å². The Morgan fingerprint density at radius 2 is 1.80 bits per heavy atom. The van der Waals surface area contributed by atoms with Gasteiger partial charge in [-0.1, -0.05) is 12.1 Å². The van der Waals surface area contributed by atoms with Crippen LogP contribution < -0.4 is 10.6 Å². The Morgan fingerprint density at radius 3 is 2.32 bits per heavy atom. The molecule has 4 N–H and O–H groups in total. The zero-order valence-electron chi connectivity index (χ0n) is 14.6. The summed E-state index contributed by atoms with van der Waals surface area (Å²) in [7, 11) is 0. The number of nitrogens with one attached hydrogen (secondary N) is 2. The van der Waals surface area contributed by atoms with Gasteiger partial charge in [0.25, 0.3) is 0 Å². The number of alkyl carbamates (subject to hydrolysis) is 1. The molecule has 0 aliphatic rings. The fourth-order valence-electron chi connectivity index (χ4n) is 1.97. The maximum absolute atomic E-state index is 11.5. The summed E-state index contributed by atoms with van der Waals surface area (Å²) in [6.07, 6.45) is -2.59. The van der Waals surface area contributed by atoms with Gasteiger partial charge in [0.1, 0.15) is 17.6 Å². The number of aliphatic hydroxyl groups is 2. The van der Waals surface area contributed by atoms with Crippen LogP contribution in [0.5, 0.6) is 0 Å². The summed E-state index contributed by atoms with van der Waals surface area (Å²) in [5.74, 6) is -0.475. The quantitative estimate of drug-likeness (QED) is 0.548. The van der Waals surface area contributed by atoms with Gasteiger partial charge in [-0.05, 0) is 44.9 Å². The number of rotatable bonds is 7. The SMILES string of the molecule is CC(C)(C)OC(=O)NCCC(O)C(O)c1ccc(NC(=O)CCl)cc1. The lowest BCUT2D eigenvalue weighted by Gasteiger charge is -2.21. The van der Waals surface area contributed by atoms with Crippen molar-refractivity contribution >= 4 is 29.3 Å². The number of halogens is 1. The number of carbonyl (C=O) groups is 2. The van der Waals surface area contributed by atoms with E-state index in [1.54, 1.807) is 45.0 Å². The number of benzene rings is 1. The van der Waals surface area contributed by atoms with Crippen molar-refractivity contribution in [3.05, 3.63) is 29.8 Å². The van der Waals surface area contributed by atoms with Gasteiger partial charge in [0.2, 0.25) is 5.91 Å². The lowest BCUT2D eigenvalue weighted by Crippen LogP contribution is -2.34. The maximum Gasteiger partial charge on any atom is 0.407 e. The molecule has 2 atom stereocenters. The summed E-state index contributed by atoms with van der Waals surface area (Å²) >= 11 is 5.41. The van der Waals surface area contributed by atoms with Crippen LogP contribution in [0.25, 0.3) is 0 Å². The molecule has 1 rings (SSSR count). The number of alkyl halides is 1. The van der Waals surface area contributed by atoms with Crippen LogP contribution >= 0.6 is 11.6 Å². The summed E-state index contributed by atoms with van der Waals surface area (Å²) in [4.78, 5) is 22.7. The second-order valence-electron chi connectivity index (χ2n) is 6.53. The third-order valence-corrected chi connectivity index (χ3v) is 3.37. The van der Waals surface area contributed by atoms with Gasteiger partial charge in [0.05, 0.1) is 6.10 Å². The minimum absolute atomic E-state index is 0.145. The number of ether oxygens (including phenoxy) is 1. The molecule has 1 aromatic carbocycles. The first-order valence-electron chi connectivity index (χ1n) is 7.91. The number of hydrogen-bond acceptors (Lipinski definition) is 5. The van der Waals surface area contributed by atoms with E-state index in [0.29, 0.717) is 11.3 Å². The van der Waals surface area contributed by atoms with Crippen molar-refractivity contribution in [2.24, 2.45) is 0 Å². The van der Waals surface area contributed by atoms with Gasteiger partial charge < -0.3 is 25.6 Å². The van der Waals surface area contributed by atoms with Gasteiger partial charge in [-0.15, -0.1) is 11.6 Å². The molecule has 25 heavy (non-hydrogen) atoms. The summed E-state index contributed by atoms with van der Waals surface area (Å²) in [5.41, 5.74) is 0.444. The third-order valence-electron chi connectivity index (χ3n) is 3.13. The number of carbonyl (C=O) groups excluding carboxylic acids is 2. The van der Waals surface area contributed by atoms with Crippen LogP contribution in [-0.2, 0) is 9.53 Å². The molecule has 2 unspecified atom stereocenters. The van der Waals surface area contributed by atoms with Crippen molar-refractivity contribution < 1.29 is 24.5 Å². The van der Waals surface area contributed by atoms with E-state index >= 15 is 0 Å². The van der Waals surface area contributed by atoms with E-state index in [2.05, 4.69) is 10.6 Å². The molecular formula is C17H25ClN2O5. The largest absolute Gasteiger partial charge is 0.444 e. The van der Waals surface area contributed by atoms with Crippen LogP contribution in [-0.4, -0.2) is 46.3 Å². The second-order valence-corrected chi connectivity index (χ2v) is 6.80. The van der Waals surface area contributed by atoms with Crippen molar-refractivity contribution in [3.63, 3.8) is 0 Å². The van der Waals surface area contributed by atoms with E-state index in [9.17, 15) is 19.8 Å². The monoisotopic (exact) mass is 372 g/mol. The topological polar surface area (TPSA) is 108 Å². The fourth-order valence-corrected chi connectivity index (χ4v) is 2.04. The summed E-state index contributed by atoms with van der Waals surface area (Å²) in [6, 6.07) is 6.40. The highest BCUT2D eigenvalue weighted by molar-refractivity contribution is 6.29. The second kappa shape index (κ2) is 9.60. The highest BCUT2D eigenvalue weighted by Crippen LogP contribution is 2.21. The number of amides is 2. The van der Waals surface area contributed by atoms with Crippen molar-refractivity contribution in [2.75, 3.05) is 17.7 Å². The van der Waals surface area contributed by atoms with Gasteiger partial charge >= 0.3 is 6.09 Å². The molecular weight excluding hydrogens is 348 g/mol. The Bertz CT molecular complexity index is 571. The lowest BCUT2D eigenvalue weighted by atomic mass is 10.0. The van der Waals surface area contributed by atoms with Gasteiger partial charge in [-0.25, -0.2) is 4.79 Å². The first-order valence-corrected chi connectivity index (χ1v) is 8.44. The Morgan fingerprint density at radius 1 is 1.20 bits per heavy atom. The first-order chi connectivity index (χ1) is 11.6. The molecule has 7 nitrogen and oxygen atoms in total. The highest BCUT2D eigenvalue weighted by atomic mass is 35.5. The van der Waals surface area contributed by atoms with Crippen molar-refractivity contribution in [3.8, 4) is 0 Å². The predicted molar refractivity (Wildman–Crippen MR) is 95.6 cm³/mol. The normalized spacial score (nSPS) is 13.7. The molecule has 0 saturated heterocycles. The van der Waals surface area contributed by atoms with Crippen LogP contribution in [0.3, 0.4) is 0 Å². The minimum atomic E-state index is -1.11. The smallest absolute Gasteiger partial charge is 0.407 e. The molecule has 140 valence electrons. The summed E-state index contributed by atoms with van der Waals surface area (Å²) in [6.45, 7) is 5.43. The molecule has 0 spiro atoms. The summed E-state index contributed by atoms with van der Waals surface area (Å²) < 4.78 is 5.08. The minimum Gasteiger partial charge on any atom is -0.444 e. The average molecular weight is 373 g/mol. The Hall–Kier alpha value is -1.83. The summed E-state index contributed by atoms with van der Waals surface area (Å²) in [5, 5.41) is 25.3. The third kappa shape index (κ3) is 8.20. The van der Waals surface area contributed by atoms with E-state index in [4.69, 9.17) is 16.3 Å². The molecule has 0 aromatic heterocycles. The van der Waals surface area contributed by atoms with Crippen LogP contribution in [0, 0.1) is 0 Å². The number of anilines is 1. The molecule has 0 radical (unpaired) electrons. The van der Waals surface area contributed by atoms with E-state index in [1.807, 2.05) is 0 Å². The lowest BCUT2D eigenvalue weighted by molar-refractivity contribution is -0.113. The Balaban J connectivity index is 2.46. The zero-order valence-corrected chi connectivity index (χ0v) is 15.3. The van der Waals surface area contributed by atoms with E-state index < -0.39 is 23.9 Å². The highest BCUT2D eigenvalue weighted by Gasteiger charge is 2.20. The molecule has 0 bridgehead atoms. The van der Waals surface area contributed by atoms with Crippen molar-refractivity contribution in [1.29, 1.82) is 0 Å². The van der Waals surface area contributed by atoms with Crippen molar-refractivity contribution in [2.45, 2.75) is 45.0 Å². The molecule has 0 aliphatic carbocycles. The molecule has 2 amide bonds. The first kappa shape index (κ1) is 21.2. The van der Waals surface area contributed by atoms with Gasteiger partial charge in [-0.3, -0.25) is 4.79 Å². The Kier molecular flexibility index (Phi) is 8.15. The van der Waals surface area contributed by atoms with Crippen LogP contribution in [0.2, 0.25) is 0 Å². The molecule has 1 aromatic rings. The van der Waals surface area contributed by atoms with Crippen LogP contribution in [0.4, 0.5) is 10.5 Å². The average Bonchev–Trinajstić information content (AvgIpc) is 2.53. The van der Waals surface area contributed by atoms with Gasteiger partial charge in [-0.2, -0.15) is 0 Å². The maximum atomic E-state index is 11.5. The number of hydrogen-bond donors (Lipinski definition) is 4. The Labute approximate surface area is 152 Å². The standard InChI is InChI=1S/C17H25ClN2O5/c1-17(2,3)25-16(24)19-9-8-13(21)15(23)11-4-6-12(7-5-11)20-14(22)10-18/h4-7,13,15,21,23H,8-10H2,1-3H3,(H,19,24)(H,20,22). The molecule has 0 fully saturated rings. The van der Waals surface area contributed by atoms with Crippen molar-refractivity contribution in [1.82, 2.24) is 5.32 Å². The van der Waals surface area contributed by atoms with E-state index in [1.165, 1.54) is 0 Å². The number of aliphatic hydroxyl groups excluding tert-OH is 2. The van der Waals surface area contributed by atoms with Gasteiger partial charge in [0, 0.05) is 12.2 Å².